The van der Waals surface area contributed by atoms with E-state index in [0.717, 1.165) is 25.5 Å². The van der Waals surface area contributed by atoms with Crippen LogP contribution in [0.15, 0.2) is 12.4 Å². The third-order valence-corrected chi connectivity index (χ3v) is 3.23. The number of nitrogens with one attached hydrogen (secondary N) is 1. The second-order valence-corrected chi connectivity index (χ2v) is 4.76. The molecule has 0 fully saturated rings. The lowest BCUT2D eigenvalue weighted by Gasteiger charge is -2.24. The Labute approximate surface area is 105 Å². The number of imidazole rings is 1. The Hall–Kier alpha value is -0.870. The second kappa shape index (κ2) is 7.45. The van der Waals surface area contributed by atoms with Crippen molar-refractivity contribution in [1.82, 2.24) is 19.8 Å². The van der Waals surface area contributed by atoms with Crippen LogP contribution in [-0.4, -0.2) is 40.6 Å². The Balaban J connectivity index is 2.27. The van der Waals surface area contributed by atoms with Crippen LogP contribution in [-0.2, 0) is 13.6 Å². The summed E-state index contributed by atoms with van der Waals surface area (Å²) in [6.07, 6.45) is 6.24. The molecule has 0 bridgehead atoms. The van der Waals surface area contributed by atoms with Gasteiger partial charge in [-0.15, -0.1) is 0 Å². The molecule has 0 amide bonds. The average molecular weight is 238 g/mol. The highest BCUT2D eigenvalue weighted by atomic mass is 15.2. The summed E-state index contributed by atoms with van der Waals surface area (Å²) >= 11 is 0. The van der Waals surface area contributed by atoms with Gasteiger partial charge in [0, 0.05) is 25.5 Å². The van der Waals surface area contributed by atoms with Crippen molar-refractivity contribution in [1.29, 1.82) is 0 Å². The summed E-state index contributed by atoms with van der Waals surface area (Å²) in [5.74, 6) is 1.13. The molecule has 0 aliphatic carbocycles. The summed E-state index contributed by atoms with van der Waals surface area (Å²) in [4.78, 5) is 6.71. The van der Waals surface area contributed by atoms with Crippen LogP contribution in [0, 0.1) is 0 Å². The number of hydrogen-bond donors (Lipinski definition) is 1. The zero-order chi connectivity index (χ0) is 12.7. The zero-order valence-electron chi connectivity index (χ0n) is 11.6. The standard InChI is InChI=1S/C13H26N4/c1-5-7-14-8-6-12(2)17(4)11-13-15-9-10-16(13)3/h9-10,12,14H,5-8,11H2,1-4H3. The van der Waals surface area contributed by atoms with Gasteiger partial charge in [-0.25, -0.2) is 4.98 Å². The Morgan fingerprint density at radius 2 is 2.24 bits per heavy atom. The van der Waals surface area contributed by atoms with Crippen molar-refractivity contribution in [2.45, 2.75) is 39.3 Å². The average Bonchev–Trinajstić information content (AvgIpc) is 2.70. The first-order valence-corrected chi connectivity index (χ1v) is 6.52. The molecule has 0 aromatic carbocycles. The molecule has 98 valence electrons. The maximum Gasteiger partial charge on any atom is 0.122 e. The van der Waals surface area contributed by atoms with Gasteiger partial charge in [0.25, 0.3) is 0 Å². The van der Waals surface area contributed by atoms with Gasteiger partial charge in [-0.2, -0.15) is 0 Å². The molecule has 1 aromatic heterocycles. The number of nitrogens with zero attached hydrogens (tertiary/aromatic N) is 3. The topological polar surface area (TPSA) is 33.1 Å². The molecular weight excluding hydrogens is 212 g/mol. The van der Waals surface area contributed by atoms with Gasteiger partial charge in [-0.05, 0) is 39.9 Å². The molecule has 1 rings (SSSR count). The van der Waals surface area contributed by atoms with Crippen molar-refractivity contribution >= 4 is 0 Å². The van der Waals surface area contributed by atoms with Crippen LogP contribution >= 0.6 is 0 Å². The minimum atomic E-state index is 0.580. The first-order chi connectivity index (χ1) is 8.15. The SMILES string of the molecule is CCCNCCC(C)N(C)Cc1nccn1C. The monoisotopic (exact) mass is 238 g/mol. The van der Waals surface area contributed by atoms with Gasteiger partial charge in [0.15, 0.2) is 0 Å². The van der Waals surface area contributed by atoms with Gasteiger partial charge in [-0.3, -0.25) is 4.90 Å². The van der Waals surface area contributed by atoms with Gasteiger partial charge in [-0.1, -0.05) is 6.92 Å². The molecule has 0 spiro atoms. The molecule has 0 radical (unpaired) electrons. The third-order valence-electron chi connectivity index (χ3n) is 3.23. The molecule has 4 heteroatoms. The molecule has 0 saturated carbocycles. The fourth-order valence-electron chi connectivity index (χ4n) is 1.76. The number of aryl methyl sites for hydroxylation is 1. The van der Waals surface area contributed by atoms with Crippen molar-refractivity contribution in [2.24, 2.45) is 7.05 Å². The van der Waals surface area contributed by atoms with E-state index in [0.29, 0.717) is 6.04 Å². The Bertz CT molecular complexity index is 308. The van der Waals surface area contributed by atoms with Crippen molar-refractivity contribution in [3.05, 3.63) is 18.2 Å². The summed E-state index contributed by atoms with van der Waals surface area (Å²) in [7, 11) is 4.21. The Morgan fingerprint density at radius 3 is 2.82 bits per heavy atom. The second-order valence-electron chi connectivity index (χ2n) is 4.76. The zero-order valence-corrected chi connectivity index (χ0v) is 11.6. The van der Waals surface area contributed by atoms with Crippen molar-refractivity contribution < 1.29 is 0 Å². The van der Waals surface area contributed by atoms with E-state index < -0.39 is 0 Å². The lowest BCUT2D eigenvalue weighted by molar-refractivity contribution is 0.229. The molecular formula is C13H26N4. The highest BCUT2D eigenvalue weighted by molar-refractivity contribution is 4.91. The molecule has 0 aliphatic rings. The lowest BCUT2D eigenvalue weighted by Crippen LogP contribution is -2.32. The van der Waals surface area contributed by atoms with Crippen molar-refractivity contribution in [3.8, 4) is 0 Å². The van der Waals surface area contributed by atoms with Gasteiger partial charge < -0.3 is 9.88 Å². The minimum absolute atomic E-state index is 0.580. The van der Waals surface area contributed by atoms with E-state index in [1.165, 1.54) is 12.8 Å². The van der Waals surface area contributed by atoms with E-state index in [-0.39, 0.29) is 0 Å². The molecule has 17 heavy (non-hydrogen) atoms. The van der Waals surface area contributed by atoms with E-state index in [4.69, 9.17) is 0 Å². The molecule has 0 aliphatic heterocycles. The summed E-state index contributed by atoms with van der Waals surface area (Å²) in [6, 6.07) is 0.580. The molecule has 1 heterocycles. The smallest absolute Gasteiger partial charge is 0.122 e. The largest absolute Gasteiger partial charge is 0.337 e. The fraction of sp³-hybridized carbons (Fsp3) is 0.769. The van der Waals surface area contributed by atoms with Gasteiger partial charge in [0.05, 0.1) is 6.54 Å². The van der Waals surface area contributed by atoms with Crippen LogP contribution < -0.4 is 5.32 Å². The maximum atomic E-state index is 4.35. The van der Waals surface area contributed by atoms with Crippen LogP contribution in [0.1, 0.15) is 32.5 Å². The molecule has 0 saturated heterocycles. The van der Waals surface area contributed by atoms with Crippen LogP contribution in [0.2, 0.25) is 0 Å². The van der Waals surface area contributed by atoms with E-state index in [1.54, 1.807) is 0 Å². The first kappa shape index (κ1) is 14.2. The highest BCUT2D eigenvalue weighted by Gasteiger charge is 2.11. The van der Waals surface area contributed by atoms with E-state index in [9.17, 15) is 0 Å². The lowest BCUT2D eigenvalue weighted by atomic mass is 10.2. The summed E-state index contributed by atoms with van der Waals surface area (Å²) in [6.45, 7) is 7.61. The van der Waals surface area contributed by atoms with Gasteiger partial charge >= 0.3 is 0 Å². The summed E-state index contributed by atoms with van der Waals surface area (Å²) in [5.41, 5.74) is 0. The van der Waals surface area contributed by atoms with Crippen LogP contribution in [0.25, 0.3) is 0 Å². The molecule has 4 nitrogen and oxygen atoms in total. The summed E-state index contributed by atoms with van der Waals surface area (Å²) in [5, 5.41) is 3.44. The van der Waals surface area contributed by atoms with Crippen LogP contribution in [0.5, 0.6) is 0 Å². The van der Waals surface area contributed by atoms with Gasteiger partial charge in [0.1, 0.15) is 5.82 Å². The van der Waals surface area contributed by atoms with Crippen molar-refractivity contribution in [3.63, 3.8) is 0 Å². The van der Waals surface area contributed by atoms with Crippen LogP contribution in [0.4, 0.5) is 0 Å². The van der Waals surface area contributed by atoms with E-state index in [1.807, 2.05) is 19.4 Å². The number of aromatic nitrogens is 2. The normalized spacial score (nSPS) is 13.2. The quantitative estimate of drug-likeness (QED) is 0.699. The predicted octanol–water partition coefficient (Wildman–Crippen LogP) is 1.63. The highest BCUT2D eigenvalue weighted by Crippen LogP contribution is 2.06. The maximum absolute atomic E-state index is 4.35. The van der Waals surface area contributed by atoms with Crippen LogP contribution in [0.3, 0.4) is 0 Å². The Morgan fingerprint density at radius 1 is 1.47 bits per heavy atom. The van der Waals surface area contributed by atoms with E-state index in [2.05, 4.69) is 40.7 Å². The minimum Gasteiger partial charge on any atom is -0.337 e. The Kier molecular flexibility index (Phi) is 6.22. The number of rotatable bonds is 8. The predicted molar refractivity (Wildman–Crippen MR) is 71.9 cm³/mol. The third kappa shape index (κ3) is 4.88. The molecule has 1 unspecified atom stereocenters. The first-order valence-electron chi connectivity index (χ1n) is 6.52. The fourth-order valence-corrected chi connectivity index (χ4v) is 1.76. The van der Waals surface area contributed by atoms with E-state index >= 15 is 0 Å². The number of hydrogen-bond acceptors (Lipinski definition) is 3. The molecule has 1 atom stereocenters. The summed E-state index contributed by atoms with van der Waals surface area (Å²) < 4.78 is 2.08. The van der Waals surface area contributed by atoms with Gasteiger partial charge in [0.2, 0.25) is 0 Å². The molecule has 1 aromatic rings. The molecule has 1 N–H and O–H groups in total. The van der Waals surface area contributed by atoms with Crippen molar-refractivity contribution in [2.75, 3.05) is 20.1 Å².